The van der Waals surface area contributed by atoms with E-state index in [1.807, 2.05) is 17.6 Å². The van der Waals surface area contributed by atoms with Crippen LogP contribution in [-0.2, 0) is 0 Å². The highest BCUT2D eigenvalue weighted by Crippen LogP contribution is 2.29. The molecule has 1 aromatic carbocycles. The third kappa shape index (κ3) is 2.52. The van der Waals surface area contributed by atoms with Gasteiger partial charge in [-0.05, 0) is 40.2 Å². The number of hydrogen-bond donors (Lipinski definition) is 2. The summed E-state index contributed by atoms with van der Waals surface area (Å²) in [5, 5.41) is 0.573. The number of amides is 1. The zero-order valence-electron chi connectivity index (χ0n) is 8.54. The molecule has 2 rings (SSSR count). The number of nitrogens with one attached hydrogen (secondary N) is 1. The van der Waals surface area contributed by atoms with Crippen molar-refractivity contribution in [2.45, 2.75) is 0 Å². The van der Waals surface area contributed by atoms with E-state index in [1.54, 1.807) is 18.2 Å². The van der Waals surface area contributed by atoms with E-state index < -0.39 is 5.91 Å². The number of nitrogen functional groups attached to an aromatic ring is 1. The smallest absolute Gasteiger partial charge is 0.300 e. The Labute approximate surface area is 111 Å². The molecule has 88 valence electrons. The average Bonchev–Trinajstić information content (AvgIpc) is 2.81. The number of carbonyl (C=O) groups is 1. The molecule has 3 N–H and O–H groups in total. The van der Waals surface area contributed by atoms with Crippen LogP contribution in [0.3, 0.4) is 0 Å². The monoisotopic (exact) mass is 314 g/mol. The molecule has 1 amide bonds. The Bertz CT molecular complexity index is 568. The number of carbonyl (C=O) groups excluding carboxylic acids is 1. The summed E-state index contributed by atoms with van der Waals surface area (Å²) in [6, 6.07) is 8.62. The van der Waals surface area contributed by atoms with Crippen LogP contribution in [0.4, 0.5) is 0 Å². The fourth-order valence-corrected chi connectivity index (χ4v) is 1.76. The predicted molar refractivity (Wildman–Crippen MR) is 68.5 cm³/mol. The molecule has 0 bridgehead atoms. The molecule has 0 aliphatic carbocycles. The minimum atomic E-state index is -0.473. The Morgan fingerprint density at radius 3 is 2.76 bits per heavy atom. The Balaban J connectivity index is 2.37. The molecule has 0 atom stereocenters. The number of rotatable bonds is 2. The SMILES string of the molecule is NNC(=O)c1ccc(-c2ccc(Br)c(Cl)c2)o1. The van der Waals surface area contributed by atoms with Gasteiger partial charge in [-0.2, -0.15) is 0 Å². The number of nitrogens with two attached hydrogens (primary N) is 1. The van der Waals surface area contributed by atoms with Gasteiger partial charge >= 0.3 is 5.91 Å². The molecule has 0 spiro atoms. The van der Waals surface area contributed by atoms with Gasteiger partial charge in [-0.25, -0.2) is 5.84 Å². The minimum Gasteiger partial charge on any atom is -0.451 e. The van der Waals surface area contributed by atoms with Crippen LogP contribution in [0.15, 0.2) is 39.2 Å². The lowest BCUT2D eigenvalue weighted by Crippen LogP contribution is -2.29. The van der Waals surface area contributed by atoms with Crippen LogP contribution in [0, 0.1) is 0 Å². The third-order valence-electron chi connectivity index (χ3n) is 2.17. The topological polar surface area (TPSA) is 68.3 Å². The first-order chi connectivity index (χ1) is 8.11. The van der Waals surface area contributed by atoms with Crippen molar-refractivity contribution in [2.24, 2.45) is 5.84 Å². The number of hydrogen-bond acceptors (Lipinski definition) is 3. The fourth-order valence-electron chi connectivity index (χ4n) is 1.34. The first-order valence-corrected chi connectivity index (χ1v) is 5.85. The second-order valence-corrected chi connectivity index (χ2v) is 4.53. The van der Waals surface area contributed by atoms with Crippen molar-refractivity contribution in [2.75, 3.05) is 0 Å². The molecule has 0 saturated heterocycles. The van der Waals surface area contributed by atoms with E-state index in [1.165, 1.54) is 0 Å². The van der Waals surface area contributed by atoms with E-state index in [0.29, 0.717) is 10.8 Å². The van der Waals surface area contributed by atoms with Gasteiger partial charge < -0.3 is 4.42 Å². The molecule has 4 nitrogen and oxygen atoms in total. The number of halogens is 2. The average molecular weight is 316 g/mol. The summed E-state index contributed by atoms with van der Waals surface area (Å²) in [4.78, 5) is 11.2. The fraction of sp³-hybridized carbons (Fsp3) is 0. The summed E-state index contributed by atoms with van der Waals surface area (Å²) < 4.78 is 6.15. The predicted octanol–water partition coefficient (Wildman–Crippen LogP) is 2.97. The van der Waals surface area contributed by atoms with Crippen molar-refractivity contribution in [3.05, 3.63) is 45.6 Å². The maximum atomic E-state index is 11.2. The van der Waals surface area contributed by atoms with Gasteiger partial charge in [0, 0.05) is 10.0 Å². The maximum Gasteiger partial charge on any atom is 0.300 e. The van der Waals surface area contributed by atoms with Crippen LogP contribution >= 0.6 is 27.5 Å². The highest BCUT2D eigenvalue weighted by atomic mass is 79.9. The lowest BCUT2D eigenvalue weighted by Gasteiger charge is -2.00. The minimum absolute atomic E-state index is 0.154. The quantitative estimate of drug-likeness (QED) is 0.508. The molecule has 0 aliphatic heterocycles. The van der Waals surface area contributed by atoms with Crippen LogP contribution in [0.25, 0.3) is 11.3 Å². The van der Waals surface area contributed by atoms with Crippen LogP contribution in [0.5, 0.6) is 0 Å². The largest absolute Gasteiger partial charge is 0.451 e. The Morgan fingerprint density at radius 1 is 1.35 bits per heavy atom. The van der Waals surface area contributed by atoms with Gasteiger partial charge in [0.15, 0.2) is 5.76 Å². The number of furan rings is 1. The van der Waals surface area contributed by atoms with Gasteiger partial charge in [0.2, 0.25) is 0 Å². The van der Waals surface area contributed by atoms with Crippen LogP contribution in [0.1, 0.15) is 10.6 Å². The molecule has 6 heteroatoms. The third-order valence-corrected chi connectivity index (χ3v) is 3.40. The van der Waals surface area contributed by atoms with E-state index >= 15 is 0 Å². The standard InChI is InChI=1S/C11H8BrClN2O2/c12-7-2-1-6(5-8(7)13)9-3-4-10(17-9)11(16)15-14/h1-5H,14H2,(H,15,16). The first kappa shape index (κ1) is 12.2. The van der Waals surface area contributed by atoms with E-state index in [4.69, 9.17) is 21.9 Å². The maximum absolute atomic E-state index is 11.2. The van der Waals surface area contributed by atoms with Crippen molar-refractivity contribution in [3.8, 4) is 11.3 Å². The first-order valence-electron chi connectivity index (χ1n) is 4.68. The van der Waals surface area contributed by atoms with Gasteiger partial charge in [-0.15, -0.1) is 0 Å². The second-order valence-electron chi connectivity index (χ2n) is 3.27. The van der Waals surface area contributed by atoms with Gasteiger partial charge in [-0.1, -0.05) is 17.7 Å². The van der Waals surface area contributed by atoms with E-state index in [0.717, 1.165) is 10.0 Å². The summed E-state index contributed by atoms with van der Waals surface area (Å²) in [7, 11) is 0. The van der Waals surface area contributed by atoms with Crippen LogP contribution < -0.4 is 11.3 Å². The highest BCUT2D eigenvalue weighted by molar-refractivity contribution is 9.10. The molecular formula is C11H8BrClN2O2. The Hall–Kier alpha value is -1.30. The van der Waals surface area contributed by atoms with E-state index in [2.05, 4.69) is 15.9 Å². The van der Waals surface area contributed by atoms with E-state index in [9.17, 15) is 4.79 Å². The molecular weight excluding hydrogens is 307 g/mol. The van der Waals surface area contributed by atoms with Crippen molar-refractivity contribution < 1.29 is 9.21 Å². The Morgan fingerprint density at radius 2 is 2.12 bits per heavy atom. The zero-order valence-corrected chi connectivity index (χ0v) is 10.9. The second kappa shape index (κ2) is 4.91. The number of hydrazine groups is 1. The van der Waals surface area contributed by atoms with E-state index in [-0.39, 0.29) is 5.76 Å². The molecule has 0 radical (unpaired) electrons. The van der Waals surface area contributed by atoms with Gasteiger partial charge in [0.1, 0.15) is 5.76 Å². The van der Waals surface area contributed by atoms with Crippen molar-refractivity contribution in [1.29, 1.82) is 0 Å². The molecule has 0 unspecified atom stereocenters. The normalized spacial score (nSPS) is 10.3. The van der Waals surface area contributed by atoms with Gasteiger partial charge in [0.25, 0.3) is 0 Å². The lowest BCUT2D eigenvalue weighted by atomic mass is 10.2. The van der Waals surface area contributed by atoms with Crippen LogP contribution in [0.2, 0.25) is 5.02 Å². The summed E-state index contributed by atoms with van der Waals surface area (Å²) in [6.07, 6.45) is 0. The molecule has 0 saturated carbocycles. The number of benzene rings is 1. The highest BCUT2D eigenvalue weighted by Gasteiger charge is 2.11. The van der Waals surface area contributed by atoms with Gasteiger partial charge in [0.05, 0.1) is 5.02 Å². The Kier molecular flexibility index (Phi) is 3.51. The van der Waals surface area contributed by atoms with Crippen molar-refractivity contribution in [1.82, 2.24) is 5.43 Å². The summed E-state index contributed by atoms with van der Waals surface area (Å²) in [6.45, 7) is 0. The van der Waals surface area contributed by atoms with Crippen LogP contribution in [-0.4, -0.2) is 5.91 Å². The summed E-state index contributed by atoms with van der Waals surface area (Å²) >= 11 is 9.27. The molecule has 0 aliphatic rings. The molecule has 2 aromatic rings. The zero-order chi connectivity index (χ0) is 12.4. The van der Waals surface area contributed by atoms with Gasteiger partial charge in [-0.3, -0.25) is 10.2 Å². The summed E-state index contributed by atoms with van der Waals surface area (Å²) in [5.41, 5.74) is 2.79. The molecule has 1 heterocycles. The van der Waals surface area contributed by atoms with Crippen molar-refractivity contribution in [3.63, 3.8) is 0 Å². The molecule has 1 aromatic heterocycles. The lowest BCUT2D eigenvalue weighted by molar-refractivity contribution is 0.0927. The van der Waals surface area contributed by atoms with Crippen molar-refractivity contribution >= 4 is 33.4 Å². The summed E-state index contributed by atoms with van der Waals surface area (Å²) in [5.74, 6) is 5.24. The molecule has 17 heavy (non-hydrogen) atoms. The molecule has 0 fully saturated rings.